The SMILES string of the molecule is C=C[C@@H]1[C@H]2CCC(C)(C)C(=O)[C@@]12C(=O)OC. The predicted octanol–water partition coefficient (Wildman–Crippen LogP) is 1.97. The maximum absolute atomic E-state index is 12.4. The summed E-state index contributed by atoms with van der Waals surface area (Å²) in [7, 11) is 1.35. The molecular formula is C13H18O3. The Morgan fingerprint density at radius 2 is 2.19 bits per heavy atom. The van der Waals surface area contributed by atoms with Gasteiger partial charge in [-0.05, 0) is 18.8 Å². The Kier molecular flexibility index (Phi) is 2.26. The molecule has 0 radical (unpaired) electrons. The van der Waals surface area contributed by atoms with Gasteiger partial charge in [0.05, 0.1) is 7.11 Å². The van der Waals surface area contributed by atoms with E-state index in [1.807, 2.05) is 13.8 Å². The Morgan fingerprint density at radius 3 is 2.69 bits per heavy atom. The fraction of sp³-hybridized carbons (Fsp3) is 0.692. The van der Waals surface area contributed by atoms with E-state index < -0.39 is 10.8 Å². The van der Waals surface area contributed by atoms with E-state index in [0.29, 0.717) is 0 Å². The lowest BCUT2D eigenvalue weighted by Gasteiger charge is -2.32. The first-order valence-electron chi connectivity index (χ1n) is 5.68. The Bertz CT molecular complexity index is 369. The number of methoxy groups -OCH3 is 1. The summed E-state index contributed by atoms with van der Waals surface area (Å²) in [4.78, 5) is 24.3. The average Bonchev–Trinajstić information content (AvgIpc) is 2.92. The van der Waals surface area contributed by atoms with Crippen LogP contribution in [0.3, 0.4) is 0 Å². The Balaban J connectivity index is 2.43. The second-order valence-corrected chi connectivity index (χ2v) is 5.48. The van der Waals surface area contributed by atoms with Crippen molar-refractivity contribution in [2.75, 3.05) is 7.11 Å². The molecule has 0 aliphatic heterocycles. The molecule has 16 heavy (non-hydrogen) atoms. The number of rotatable bonds is 2. The monoisotopic (exact) mass is 222 g/mol. The van der Waals surface area contributed by atoms with Crippen LogP contribution >= 0.6 is 0 Å². The summed E-state index contributed by atoms with van der Waals surface area (Å²) in [5.74, 6) is -0.236. The lowest BCUT2D eigenvalue weighted by Crippen LogP contribution is -2.42. The van der Waals surface area contributed by atoms with Gasteiger partial charge in [0.25, 0.3) is 0 Å². The molecular weight excluding hydrogens is 204 g/mol. The van der Waals surface area contributed by atoms with Gasteiger partial charge in [0.2, 0.25) is 0 Å². The van der Waals surface area contributed by atoms with Crippen LogP contribution in [0.4, 0.5) is 0 Å². The molecule has 2 saturated carbocycles. The molecule has 0 amide bonds. The quantitative estimate of drug-likeness (QED) is 0.407. The van der Waals surface area contributed by atoms with Gasteiger partial charge in [-0.3, -0.25) is 9.59 Å². The molecule has 0 aromatic carbocycles. The molecule has 2 aliphatic carbocycles. The maximum Gasteiger partial charge on any atom is 0.320 e. The van der Waals surface area contributed by atoms with Crippen molar-refractivity contribution in [1.82, 2.24) is 0 Å². The molecule has 2 rings (SSSR count). The van der Waals surface area contributed by atoms with Crippen LogP contribution < -0.4 is 0 Å². The van der Waals surface area contributed by atoms with Gasteiger partial charge in [-0.2, -0.15) is 0 Å². The molecule has 0 aromatic heterocycles. The number of esters is 1. The number of carbonyl (C=O) groups is 2. The first-order valence-corrected chi connectivity index (χ1v) is 5.68. The van der Waals surface area contributed by atoms with E-state index in [-0.39, 0.29) is 23.6 Å². The van der Waals surface area contributed by atoms with Crippen molar-refractivity contribution in [3.8, 4) is 0 Å². The summed E-state index contributed by atoms with van der Waals surface area (Å²) in [6.07, 6.45) is 3.49. The Labute approximate surface area is 95.9 Å². The van der Waals surface area contributed by atoms with Crippen molar-refractivity contribution in [3.05, 3.63) is 12.7 Å². The van der Waals surface area contributed by atoms with Gasteiger partial charge in [0, 0.05) is 11.3 Å². The molecule has 88 valence electrons. The first-order chi connectivity index (χ1) is 7.42. The second-order valence-electron chi connectivity index (χ2n) is 5.48. The van der Waals surface area contributed by atoms with Gasteiger partial charge in [-0.1, -0.05) is 19.9 Å². The molecule has 0 aromatic rings. The summed E-state index contributed by atoms with van der Waals surface area (Å²) in [6, 6.07) is 0. The fourth-order valence-corrected chi connectivity index (χ4v) is 3.31. The number of hydrogen-bond donors (Lipinski definition) is 0. The molecule has 0 bridgehead atoms. The van der Waals surface area contributed by atoms with E-state index >= 15 is 0 Å². The molecule has 3 atom stereocenters. The molecule has 0 N–H and O–H groups in total. The molecule has 3 nitrogen and oxygen atoms in total. The molecule has 2 aliphatic rings. The van der Waals surface area contributed by atoms with Gasteiger partial charge in [0.1, 0.15) is 5.41 Å². The minimum Gasteiger partial charge on any atom is -0.468 e. The maximum atomic E-state index is 12.4. The van der Waals surface area contributed by atoms with Gasteiger partial charge in [-0.15, -0.1) is 6.58 Å². The Hall–Kier alpha value is -1.12. The van der Waals surface area contributed by atoms with Crippen LogP contribution in [0.25, 0.3) is 0 Å². The second kappa shape index (κ2) is 3.19. The van der Waals surface area contributed by atoms with Gasteiger partial charge < -0.3 is 4.74 Å². The van der Waals surface area contributed by atoms with Crippen LogP contribution in [0, 0.1) is 22.7 Å². The third-order valence-electron chi connectivity index (χ3n) is 4.28. The zero-order chi connectivity index (χ0) is 12.1. The van der Waals surface area contributed by atoms with Crippen molar-refractivity contribution in [3.63, 3.8) is 0 Å². The van der Waals surface area contributed by atoms with Gasteiger partial charge in [-0.25, -0.2) is 0 Å². The highest BCUT2D eigenvalue weighted by Crippen LogP contribution is 2.68. The minimum absolute atomic E-state index is 0.0192. The minimum atomic E-state index is -0.905. The number of Topliss-reactive ketones (excluding diaryl/α,β-unsaturated/α-hetero) is 1. The van der Waals surface area contributed by atoms with E-state index in [0.717, 1.165) is 12.8 Å². The van der Waals surface area contributed by atoms with Crippen LogP contribution in [0.15, 0.2) is 12.7 Å². The summed E-state index contributed by atoms with van der Waals surface area (Å²) < 4.78 is 4.82. The van der Waals surface area contributed by atoms with Crippen molar-refractivity contribution in [1.29, 1.82) is 0 Å². The smallest absolute Gasteiger partial charge is 0.320 e. The molecule has 2 fully saturated rings. The topological polar surface area (TPSA) is 43.4 Å². The summed E-state index contributed by atoms with van der Waals surface area (Å²) >= 11 is 0. The highest BCUT2D eigenvalue weighted by molar-refractivity contribution is 6.11. The van der Waals surface area contributed by atoms with Crippen LogP contribution in [0.5, 0.6) is 0 Å². The predicted molar refractivity (Wildman–Crippen MR) is 59.6 cm³/mol. The number of fused-ring (bicyclic) bond motifs is 1. The zero-order valence-electron chi connectivity index (χ0n) is 10.1. The molecule has 0 heterocycles. The number of hydrogen-bond acceptors (Lipinski definition) is 3. The van der Waals surface area contributed by atoms with Crippen molar-refractivity contribution in [2.24, 2.45) is 22.7 Å². The highest BCUT2D eigenvalue weighted by Gasteiger charge is 2.76. The van der Waals surface area contributed by atoms with E-state index in [9.17, 15) is 9.59 Å². The first kappa shape index (κ1) is 11.4. The molecule has 0 spiro atoms. The summed E-state index contributed by atoms with van der Waals surface area (Å²) in [5.41, 5.74) is -1.32. The number of ketones is 1. The molecule has 0 unspecified atom stereocenters. The third-order valence-corrected chi connectivity index (χ3v) is 4.28. The van der Waals surface area contributed by atoms with Gasteiger partial charge >= 0.3 is 5.97 Å². The van der Waals surface area contributed by atoms with Crippen molar-refractivity contribution >= 4 is 11.8 Å². The largest absolute Gasteiger partial charge is 0.468 e. The van der Waals surface area contributed by atoms with Crippen LogP contribution in [-0.2, 0) is 14.3 Å². The number of ether oxygens (including phenoxy) is 1. The van der Waals surface area contributed by atoms with E-state index in [2.05, 4.69) is 6.58 Å². The molecule has 3 heteroatoms. The van der Waals surface area contributed by atoms with Gasteiger partial charge in [0.15, 0.2) is 5.78 Å². The Morgan fingerprint density at radius 1 is 1.56 bits per heavy atom. The van der Waals surface area contributed by atoms with Crippen LogP contribution in [-0.4, -0.2) is 18.9 Å². The van der Waals surface area contributed by atoms with E-state index in [4.69, 9.17) is 4.74 Å². The standard InChI is InChI=1S/C13H18O3/c1-5-8-9-6-7-12(2,3)10(14)13(8,9)11(15)16-4/h5,8-9H,1,6-7H2,2-4H3/t8-,9-,13-/m1/s1. The molecule has 0 saturated heterocycles. The van der Waals surface area contributed by atoms with E-state index in [1.54, 1.807) is 6.08 Å². The van der Waals surface area contributed by atoms with Crippen molar-refractivity contribution in [2.45, 2.75) is 26.7 Å². The van der Waals surface area contributed by atoms with Crippen LogP contribution in [0.2, 0.25) is 0 Å². The highest BCUT2D eigenvalue weighted by atomic mass is 16.5. The number of allylic oxidation sites excluding steroid dienone is 1. The lowest BCUT2D eigenvalue weighted by molar-refractivity contribution is -0.157. The average molecular weight is 222 g/mol. The fourth-order valence-electron chi connectivity index (χ4n) is 3.31. The third kappa shape index (κ3) is 1.09. The number of carbonyl (C=O) groups excluding carboxylic acids is 2. The zero-order valence-corrected chi connectivity index (χ0v) is 10.1. The summed E-state index contributed by atoms with van der Waals surface area (Å²) in [6.45, 7) is 7.55. The van der Waals surface area contributed by atoms with Crippen molar-refractivity contribution < 1.29 is 14.3 Å². The van der Waals surface area contributed by atoms with Crippen LogP contribution in [0.1, 0.15) is 26.7 Å². The normalized spacial score (nSPS) is 39.8. The summed E-state index contributed by atoms with van der Waals surface area (Å²) in [5, 5.41) is 0. The lowest BCUT2D eigenvalue weighted by atomic mass is 9.70. The van der Waals surface area contributed by atoms with E-state index in [1.165, 1.54) is 7.11 Å².